The molecule has 10 nitrogen and oxygen atoms in total. The topological polar surface area (TPSA) is 109 Å². The first-order valence-corrected chi connectivity index (χ1v) is 13.6. The molecule has 4 heterocycles. The second-order valence-corrected chi connectivity index (χ2v) is 10.5. The number of fused-ring (bicyclic) bond motifs is 1. The maximum atomic E-state index is 13.2. The third-order valence-electron chi connectivity index (χ3n) is 7.74. The lowest BCUT2D eigenvalue weighted by molar-refractivity contribution is -0.137. The van der Waals surface area contributed by atoms with E-state index in [4.69, 9.17) is 9.26 Å². The van der Waals surface area contributed by atoms with E-state index in [1.807, 2.05) is 13.8 Å². The molecule has 0 spiro atoms. The first-order valence-electron chi connectivity index (χ1n) is 13.6. The standard InChI is InChI=1S/C28H34F3N7O3/c1-4-11-40-24-15-38(20-7-9-37(10-8-20)26-17(2)36-41-18(26)3)14-23(24)35-25(39)13-32-27-21-12-19(28(29,30)31)5-6-22(21)33-16-34-27/h4-6,12,16,20,23-24H,1,7-11,13-15H2,2-3H3,(H,35,39)(H,32,33,34)/t23?,24-/m0/s1. The minimum Gasteiger partial charge on any atom is -0.371 e. The molecule has 0 aliphatic carbocycles. The van der Waals surface area contributed by atoms with Crippen LogP contribution in [0.3, 0.4) is 0 Å². The highest BCUT2D eigenvalue weighted by atomic mass is 19.4. The largest absolute Gasteiger partial charge is 0.416 e. The van der Waals surface area contributed by atoms with Crippen molar-refractivity contribution in [3.8, 4) is 0 Å². The van der Waals surface area contributed by atoms with Crippen molar-refractivity contribution in [1.29, 1.82) is 0 Å². The number of aryl methyl sites for hydroxylation is 2. The summed E-state index contributed by atoms with van der Waals surface area (Å²) in [6, 6.07) is 3.35. The number of ether oxygens (including phenoxy) is 1. The van der Waals surface area contributed by atoms with Gasteiger partial charge in [-0.25, -0.2) is 9.97 Å². The highest BCUT2D eigenvalue weighted by Crippen LogP contribution is 2.33. The Bertz CT molecular complexity index is 1370. The van der Waals surface area contributed by atoms with Gasteiger partial charge in [0.05, 0.1) is 36.4 Å². The van der Waals surface area contributed by atoms with Crippen molar-refractivity contribution < 1.29 is 27.2 Å². The zero-order valence-corrected chi connectivity index (χ0v) is 23.1. The summed E-state index contributed by atoms with van der Waals surface area (Å²) in [6.45, 7) is 10.9. The smallest absolute Gasteiger partial charge is 0.371 e. The summed E-state index contributed by atoms with van der Waals surface area (Å²) in [4.78, 5) is 25.8. The van der Waals surface area contributed by atoms with E-state index in [0.29, 0.717) is 31.3 Å². The minimum atomic E-state index is -4.50. The zero-order valence-electron chi connectivity index (χ0n) is 23.1. The van der Waals surface area contributed by atoms with Crippen LogP contribution < -0.4 is 15.5 Å². The number of hydrogen-bond donors (Lipinski definition) is 2. The Balaban J connectivity index is 1.20. The molecule has 5 rings (SSSR count). The number of amides is 1. The SMILES string of the molecule is C=CCO[C@H]1CN(C2CCN(c3c(C)noc3C)CC2)CC1NC(=O)CNc1ncnc2ccc(C(F)(F)F)cc12. The van der Waals surface area contributed by atoms with Crippen LogP contribution in [0.5, 0.6) is 0 Å². The monoisotopic (exact) mass is 573 g/mol. The number of alkyl halides is 3. The quantitative estimate of drug-likeness (QED) is 0.371. The third kappa shape index (κ3) is 6.46. The number of nitrogens with zero attached hydrogens (tertiary/aromatic N) is 5. The van der Waals surface area contributed by atoms with Gasteiger partial charge in [0.1, 0.15) is 23.5 Å². The molecule has 2 atom stereocenters. The molecule has 41 heavy (non-hydrogen) atoms. The summed E-state index contributed by atoms with van der Waals surface area (Å²) in [5, 5.41) is 10.2. The summed E-state index contributed by atoms with van der Waals surface area (Å²) >= 11 is 0. The van der Waals surface area contributed by atoms with Crippen molar-refractivity contribution >= 4 is 28.3 Å². The molecule has 1 amide bonds. The van der Waals surface area contributed by atoms with Gasteiger partial charge in [-0.2, -0.15) is 13.2 Å². The highest BCUT2D eigenvalue weighted by molar-refractivity contribution is 5.91. The van der Waals surface area contributed by atoms with Crippen LogP contribution in [0.4, 0.5) is 24.7 Å². The van der Waals surface area contributed by atoms with Gasteiger partial charge in [0.15, 0.2) is 5.76 Å². The molecule has 0 saturated carbocycles. The Morgan fingerprint density at radius 3 is 2.68 bits per heavy atom. The van der Waals surface area contributed by atoms with Crippen LogP contribution in [0, 0.1) is 13.8 Å². The molecular weight excluding hydrogens is 539 g/mol. The molecular formula is C28H34F3N7O3. The van der Waals surface area contributed by atoms with E-state index in [1.165, 1.54) is 12.4 Å². The highest BCUT2D eigenvalue weighted by Gasteiger charge is 2.39. The van der Waals surface area contributed by atoms with Gasteiger partial charge >= 0.3 is 6.18 Å². The van der Waals surface area contributed by atoms with Crippen molar-refractivity contribution in [2.45, 2.75) is 51.1 Å². The normalized spacial score (nSPS) is 20.5. The summed E-state index contributed by atoms with van der Waals surface area (Å²) < 4.78 is 51.1. The first kappa shape index (κ1) is 28.8. The minimum absolute atomic E-state index is 0.161. The predicted molar refractivity (Wildman–Crippen MR) is 148 cm³/mol. The van der Waals surface area contributed by atoms with Gasteiger partial charge in [-0.1, -0.05) is 11.2 Å². The zero-order chi connectivity index (χ0) is 29.1. The number of nitrogens with one attached hydrogen (secondary N) is 2. The number of carbonyl (C=O) groups excluding carboxylic acids is 1. The average Bonchev–Trinajstić information content (AvgIpc) is 3.51. The summed E-state index contributed by atoms with van der Waals surface area (Å²) in [6.07, 6.45) is 0.133. The van der Waals surface area contributed by atoms with Gasteiger partial charge in [0.2, 0.25) is 5.91 Å². The van der Waals surface area contributed by atoms with Gasteiger partial charge in [-0.15, -0.1) is 6.58 Å². The van der Waals surface area contributed by atoms with Crippen LogP contribution in [-0.4, -0.2) is 83.5 Å². The predicted octanol–water partition coefficient (Wildman–Crippen LogP) is 3.71. The molecule has 0 bridgehead atoms. The molecule has 2 aromatic heterocycles. The van der Waals surface area contributed by atoms with E-state index in [-0.39, 0.29) is 35.8 Å². The fourth-order valence-electron chi connectivity index (χ4n) is 5.78. The number of carbonyl (C=O) groups is 1. The maximum Gasteiger partial charge on any atom is 0.416 e. The molecule has 220 valence electrons. The molecule has 1 unspecified atom stereocenters. The van der Waals surface area contributed by atoms with Gasteiger partial charge < -0.3 is 24.8 Å². The van der Waals surface area contributed by atoms with E-state index < -0.39 is 11.7 Å². The lowest BCUT2D eigenvalue weighted by Gasteiger charge is -2.37. The van der Waals surface area contributed by atoms with Crippen LogP contribution in [0.25, 0.3) is 10.9 Å². The molecule has 2 saturated heterocycles. The van der Waals surface area contributed by atoms with Crippen molar-refractivity contribution in [1.82, 2.24) is 25.3 Å². The molecule has 2 aliphatic heterocycles. The maximum absolute atomic E-state index is 13.2. The van der Waals surface area contributed by atoms with E-state index in [1.54, 1.807) is 6.08 Å². The molecule has 2 aliphatic rings. The number of halogens is 3. The first-order chi connectivity index (χ1) is 19.6. The Hall–Kier alpha value is -3.71. The van der Waals surface area contributed by atoms with Crippen molar-refractivity contribution in [2.75, 3.05) is 49.5 Å². The molecule has 1 aromatic carbocycles. The molecule has 3 aromatic rings. The Labute approximate surface area is 235 Å². The van der Waals surface area contributed by atoms with Crippen LogP contribution in [-0.2, 0) is 15.7 Å². The van der Waals surface area contributed by atoms with Gasteiger partial charge in [0.25, 0.3) is 0 Å². The number of rotatable bonds is 9. The van der Waals surface area contributed by atoms with Gasteiger partial charge in [-0.3, -0.25) is 9.69 Å². The van der Waals surface area contributed by atoms with Crippen LogP contribution in [0.1, 0.15) is 29.9 Å². The van der Waals surface area contributed by atoms with Crippen molar-refractivity contribution in [3.63, 3.8) is 0 Å². The summed E-state index contributed by atoms with van der Waals surface area (Å²) in [5.74, 6) is 0.678. The fourth-order valence-corrected chi connectivity index (χ4v) is 5.78. The second kappa shape index (κ2) is 12.0. The van der Waals surface area contributed by atoms with Crippen molar-refractivity contribution in [3.05, 3.63) is 54.2 Å². The molecule has 0 radical (unpaired) electrons. The Kier molecular flexibility index (Phi) is 8.45. The number of benzene rings is 1. The van der Waals surface area contributed by atoms with Gasteiger partial charge in [-0.05, 0) is 44.9 Å². The lowest BCUT2D eigenvalue weighted by Crippen LogP contribution is -2.47. The third-order valence-corrected chi connectivity index (χ3v) is 7.74. The number of hydrogen-bond acceptors (Lipinski definition) is 9. The van der Waals surface area contributed by atoms with Crippen LogP contribution in [0.15, 0.2) is 41.7 Å². The summed E-state index contributed by atoms with van der Waals surface area (Å²) in [7, 11) is 0. The molecule has 2 fully saturated rings. The number of anilines is 2. The Morgan fingerprint density at radius 2 is 2.00 bits per heavy atom. The Morgan fingerprint density at radius 1 is 1.22 bits per heavy atom. The van der Waals surface area contributed by atoms with E-state index in [0.717, 1.165) is 55.2 Å². The number of piperidine rings is 1. The average molecular weight is 574 g/mol. The van der Waals surface area contributed by atoms with Crippen LogP contribution in [0.2, 0.25) is 0 Å². The summed E-state index contributed by atoms with van der Waals surface area (Å²) in [5.41, 5.74) is 1.51. The number of aromatic nitrogens is 3. The van der Waals surface area contributed by atoms with Crippen LogP contribution >= 0.6 is 0 Å². The molecule has 13 heteroatoms. The van der Waals surface area contributed by atoms with E-state index in [2.05, 4.69) is 42.1 Å². The van der Waals surface area contributed by atoms with Gasteiger partial charge in [0, 0.05) is 37.6 Å². The number of likely N-dealkylation sites (tertiary alicyclic amines) is 1. The van der Waals surface area contributed by atoms with Crippen molar-refractivity contribution in [2.24, 2.45) is 0 Å². The van der Waals surface area contributed by atoms with E-state index >= 15 is 0 Å². The fraction of sp³-hybridized carbons (Fsp3) is 0.500. The lowest BCUT2D eigenvalue weighted by atomic mass is 10.0. The van der Waals surface area contributed by atoms with E-state index in [9.17, 15) is 18.0 Å². The molecule has 2 N–H and O–H groups in total. The second-order valence-electron chi connectivity index (χ2n) is 10.5.